The third kappa shape index (κ3) is 6.04. The molecule has 2 N–H and O–H groups in total. The van der Waals surface area contributed by atoms with Crippen molar-refractivity contribution in [2.24, 2.45) is 16.6 Å². The highest BCUT2D eigenvalue weighted by Crippen LogP contribution is 1.91. The first-order valence-electron chi connectivity index (χ1n) is 3.64. The Labute approximate surface area is 70.5 Å². The van der Waals surface area contributed by atoms with Crippen molar-refractivity contribution >= 4 is 16.6 Å². The lowest BCUT2D eigenvalue weighted by atomic mass is 10.2. The van der Waals surface area contributed by atoms with Crippen LogP contribution in [0.3, 0.4) is 0 Å². The molecule has 0 amide bonds. The fraction of sp³-hybridized carbons (Fsp3) is 0.857. The lowest BCUT2D eigenvalue weighted by Crippen LogP contribution is -2.19. The Balaban J connectivity index is 3.65. The van der Waals surface area contributed by atoms with Gasteiger partial charge in [-0.15, -0.1) is 0 Å². The molecule has 0 radical (unpaired) electrons. The van der Waals surface area contributed by atoms with Crippen molar-refractivity contribution in [1.82, 2.24) is 0 Å². The molecular formula is C7H16N2OS. The fourth-order valence-electron chi connectivity index (χ4n) is 0.486. The number of nitrogens with zero attached hydrogens (tertiary/aromatic N) is 1. The van der Waals surface area contributed by atoms with Gasteiger partial charge in [-0.25, -0.2) is 0 Å². The van der Waals surface area contributed by atoms with Crippen molar-refractivity contribution in [2.75, 3.05) is 18.6 Å². The third-order valence-electron chi connectivity index (χ3n) is 1.26. The van der Waals surface area contributed by atoms with E-state index in [0.29, 0.717) is 24.1 Å². The van der Waals surface area contributed by atoms with Gasteiger partial charge < -0.3 is 5.73 Å². The van der Waals surface area contributed by atoms with Gasteiger partial charge in [0.15, 0.2) is 0 Å². The zero-order valence-electron chi connectivity index (χ0n) is 7.33. The third-order valence-corrected chi connectivity index (χ3v) is 2.02. The minimum absolute atomic E-state index is 0.292. The van der Waals surface area contributed by atoms with Crippen molar-refractivity contribution in [3.63, 3.8) is 0 Å². The summed E-state index contributed by atoms with van der Waals surface area (Å²) >= 11 is 0. The molecule has 1 unspecified atom stereocenters. The SMILES string of the molecule is CC(C)C(N)=NCCS(C)=O. The van der Waals surface area contributed by atoms with Gasteiger partial charge in [0, 0.05) is 28.7 Å². The van der Waals surface area contributed by atoms with Crippen LogP contribution >= 0.6 is 0 Å². The van der Waals surface area contributed by atoms with Gasteiger partial charge in [0.25, 0.3) is 0 Å². The second kappa shape index (κ2) is 5.29. The van der Waals surface area contributed by atoms with Gasteiger partial charge >= 0.3 is 0 Å². The lowest BCUT2D eigenvalue weighted by Gasteiger charge is -2.02. The van der Waals surface area contributed by atoms with E-state index in [4.69, 9.17) is 5.73 Å². The molecule has 0 saturated carbocycles. The predicted molar refractivity (Wildman–Crippen MR) is 50.3 cm³/mol. The number of nitrogens with two attached hydrogens (primary N) is 1. The molecule has 66 valence electrons. The first kappa shape index (κ1) is 10.6. The molecule has 0 aliphatic heterocycles. The van der Waals surface area contributed by atoms with Gasteiger partial charge in [0.1, 0.15) is 0 Å². The minimum atomic E-state index is -0.758. The molecule has 0 spiro atoms. The van der Waals surface area contributed by atoms with Gasteiger partial charge in [-0.05, 0) is 0 Å². The molecule has 11 heavy (non-hydrogen) atoms. The summed E-state index contributed by atoms with van der Waals surface area (Å²) in [6.07, 6.45) is 1.67. The van der Waals surface area contributed by atoms with Crippen molar-refractivity contribution in [2.45, 2.75) is 13.8 Å². The second-order valence-electron chi connectivity index (χ2n) is 2.74. The Kier molecular flexibility index (Phi) is 5.11. The number of hydrogen-bond acceptors (Lipinski definition) is 2. The molecular weight excluding hydrogens is 160 g/mol. The zero-order valence-corrected chi connectivity index (χ0v) is 8.15. The quantitative estimate of drug-likeness (QED) is 0.497. The van der Waals surface area contributed by atoms with Crippen LogP contribution < -0.4 is 5.73 Å². The molecule has 0 heterocycles. The molecule has 0 aromatic rings. The largest absolute Gasteiger partial charge is 0.387 e. The maximum absolute atomic E-state index is 10.6. The fourth-order valence-corrected chi connectivity index (χ4v) is 0.834. The van der Waals surface area contributed by atoms with E-state index in [1.165, 1.54) is 0 Å². The Hall–Kier alpha value is -0.380. The number of aliphatic imine (C=N–C) groups is 1. The molecule has 4 heteroatoms. The van der Waals surface area contributed by atoms with Crippen LogP contribution in [0.2, 0.25) is 0 Å². The lowest BCUT2D eigenvalue weighted by molar-refractivity contribution is 0.686. The van der Waals surface area contributed by atoms with E-state index in [1.54, 1.807) is 6.26 Å². The Bertz CT molecular complexity index is 166. The van der Waals surface area contributed by atoms with Crippen LogP contribution in [0, 0.1) is 5.92 Å². The summed E-state index contributed by atoms with van der Waals surface area (Å²) in [5.41, 5.74) is 5.55. The van der Waals surface area contributed by atoms with Crippen LogP contribution in [0.5, 0.6) is 0 Å². The molecule has 0 bridgehead atoms. The van der Waals surface area contributed by atoms with Crippen LogP contribution in [0.4, 0.5) is 0 Å². The topological polar surface area (TPSA) is 55.4 Å². The molecule has 0 aromatic carbocycles. The van der Waals surface area contributed by atoms with Crippen molar-refractivity contribution in [1.29, 1.82) is 0 Å². The van der Waals surface area contributed by atoms with Crippen LogP contribution in [-0.2, 0) is 10.8 Å². The second-order valence-corrected chi connectivity index (χ2v) is 4.29. The first-order chi connectivity index (χ1) is 5.04. The first-order valence-corrected chi connectivity index (χ1v) is 5.36. The average molecular weight is 176 g/mol. The predicted octanol–water partition coefficient (Wildman–Crippen LogP) is 0.378. The summed E-state index contributed by atoms with van der Waals surface area (Å²) in [6.45, 7) is 4.55. The maximum Gasteiger partial charge on any atom is 0.0963 e. The number of hydrogen-bond donors (Lipinski definition) is 1. The summed E-state index contributed by atoms with van der Waals surface area (Å²) in [4.78, 5) is 4.07. The van der Waals surface area contributed by atoms with Gasteiger partial charge in [-0.1, -0.05) is 13.8 Å². The van der Waals surface area contributed by atoms with Gasteiger partial charge in [0.05, 0.1) is 12.4 Å². The van der Waals surface area contributed by atoms with E-state index in [1.807, 2.05) is 13.8 Å². The Morgan fingerprint density at radius 1 is 1.64 bits per heavy atom. The summed E-state index contributed by atoms with van der Waals surface area (Å²) < 4.78 is 10.6. The minimum Gasteiger partial charge on any atom is -0.387 e. The highest BCUT2D eigenvalue weighted by molar-refractivity contribution is 7.84. The highest BCUT2D eigenvalue weighted by atomic mass is 32.2. The molecule has 3 nitrogen and oxygen atoms in total. The summed E-state index contributed by atoms with van der Waals surface area (Å²) in [6, 6.07) is 0. The molecule has 1 atom stereocenters. The maximum atomic E-state index is 10.6. The monoisotopic (exact) mass is 176 g/mol. The van der Waals surface area contributed by atoms with E-state index in [0.717, 1.165) is 0 Å². The molecule has 0 fully saturated rings. The summed E-state index contributed by atoms with van der Waals surface area (Å²) in [5.74, 6) is 1.55. The van der Waals surface area contributed by atoms with Crippen LogP contribution in [0.15, 0.2) is 4.99 Å². The van der Waals surface area contributed by atoms with E-state index < -0.39 is 10.8 Å². The molecule has 0 saturated heterocycles. The smallest absolute Gasteiger partial charge is 0.0963 e. The van der Waals surface area contributed by atoms with E-state index >= 15 is 0 Å². The number of rotatable bonds is 4. The molecule has 0 aliphatic rings. The Morgan fingerprint density at radius 2 is 2.18 bits per heavy atom. The van der Waals surface area contributed by atoms with Gasteiger partial charge in [-0.3, -0.25) is 9.20 Å². The van der Waals surface area contributed by atoms with E-state index in [2.05, 4.69) is 4.99 Å². The standard InChI is InChI=1S/C7H16N2OS/c1-6(2)7(8)9-4-5-11(3)10/h6H,4-5H2,1-3H3,(H2,8,9). The van der Waals surface area contributed by atoms with Crippen molar-refractivity contribution in [3.05, 3.63) is 0 Å². The molecule has 0 aliphatic carbocycles. The van der Waals surface area contributed by atoms with Crippen LogP contribution in [0.25, 0.3) is 0 Å². The Morgan fingerprint density at radius 3 is 2.55 bits per heavy atom. The summed E-state index contributed by atoms with van der Waals surface area (Å²) in [5, 5.41) is 0. The van der Waals surface area contributed by atoms with Crippen LogP contribution in [0.1, 0.15) is 13.8 Å². The van der Waals surface area contributed by atoms with Crippen molar-refractivity contribution in [3.8, 4) is 0 Å². The van der Waals surface area contributed by atoms with Crippen LogP contribution in [-0.4, -0.2) is 28.6 Å². The normalized spacial score (nSPS) is 15.5. The highest BCUT2D eigenvalue weighted by Gasteiger charge is 1.97. The number of amidine groups is 1. The molecule has 0 rings (SSSR count). The van der Waals surface area contributed by atoms with Crippen molar-refractivity contribution < 1.29 is 4.21 Å². The summed E-state index contributed by atoms with van der Waals surface area (Å²) in [7, 11) is -0.758. The van der Waals surface area contributed by atoms with E-state index in [9.17, 15) is 4.21 Å². The molecule has 0 aromatic heterocycles. The van der Waals surface area contributed by atoms with E-state index in [-0.39, 0.29) is 0 Å². The zero-order chi connectivity index (χ0) is 8.85. The van der Waals surface area contributed by atoms with Gasteiger partial charge in [-0.2, -0.15) is 0 Å². The average Bonchev–Trinajstić information content (AvgIpc) is 1.86. The van der Waals surface area contributed by atoms with Gasteiger partial charge in [0.2, 0.25) is 0 Å².